The van der Waals surface area contributed by atoms with Crippen LogP contribution in [0.2, 0.25) is 5.02 Å². The molecule has 0 aliphatic carbocycles. The number of rotatable bonds is 2. The van der Waals surface area contributed by atoms with Crippen molar-refractivity contribution in [1.82, 2.24) is 0 Å². The van der Waals surface area contributed by atoms with E-state index in [1.165, 1.54) is 7.14 Å². The predicted molar refractivity (Wildman–Crippen MR) is 55.3 cm³/mol. The first-order valence-corrected chi connectivity index (χ1v) is 6.83. The van der Waals surface area contributed by atoms with Gasteiger partial charge >= 0.3 is 21.2 Å². The smallest absolute Gasteiger partial charge is 0.0842 e. The van der Waals surface area contributed by atoms with Crippen LogP contribution in [-0.2, 0) is 0 Å². The fourth-order valence-electron chi connectivity index (χ4n) is 1.12. The number of hydrogen-bond acceptors (Lipinski definition) is 0. The van der Waals surface area contributed by atoms with Crippen LogP contribution in [0.3, 0.4) is 0 Å². The van der Waals surface area contributed by atoms with E-state index >= 15 is 0 Å². The Morgan fingerprint density at radius 2 is 1.50 bits per heavy atom. The van der Waals surface area contributed by atoms with Crippen molar-refractivity contribution < 1.29 is 21.2 Å². The molecule has 0 atom stereocenters. The van der Waals surface area contributed by atoms with Gasteiger partial charge in [-0.1, -0.05) is 35.9 Å². The molecule has 0 saturated carbocycles. The van der Waals surface area contributed by atoms with E-state index in [0.29, 0.717) is 0 Å². The van der Waals surface area contributed by atoms with Crippen LogP contribution in [0.1, 0.15) is 0 Å². The van der Waals surface area contributed by atoms with Crippen molar-refractivity contribution in [3.05, 3.63) is 66.8 Å². The number of hydrogen-bond donors (Lipinski definition) is 0. The van der Waals surface area contributed by atoms with Crippen LogP contribution in [0.4, 0.5) is 0 Å². The van der Waals surface area contributed by atoms with Gasteiger partial charge in [0.2, 0.25) is 0 Å². The summed E-state index contributed by atoms with van der Waals surface area (Å²) in [5.74, 6) is 0. The van der Waals surface area contributed by atoms with E-state index in [9.17, 15) is 0 Å². The van der Waals surface area contributed by atoms with Crippen LogP contribution < -0.4 is 21.2 Å². The molecule has 0 nitrogen and oxygen atoms in total. The third kappa shape index (κ3) is 2.72. The molecule has 2 aromatic rings. The first kappa shape index (κ1) is 9.99. The Morgan fingerprint density at radius 1 is 0.786 bits per heavy atom. The zero-order valence-electron chi connectivity index (χ0n) is 7.45. The average molecular weight is 316 g/mol. The van der Waals surface area contributed by atoms with Crippen molar-refractivity contribution in [1.29, 1.82) is 0 Å². The number of benzene rings is 2. The van der Waals surface area contributed by atoms with E-state index in [1.807, 2.05) is 18.2 Å². The Balaban J connectivity index is 2.19. The van der Waals surface area contributed by atoms with Crippen molar-refractivity contribution in [2.75, 3.05) is 0 Å². The molecule has 0 heterocycles. The SMILES string of the molecule is Clc1cccc([I+]c2ccccc2)c1. The van der Waals surface area contributed by atoms with Crippen LogP contribution in [0.25, 0.3) is 0 Å². The van der Waals surface area contributed by atoms with Gasteiger partial charge in [0.15, 0.2) is 7.14 Å². The molecular weight excluding hydrogens is 306 g/mol. The van der Waals surface area contributed by atoms with Crippen LogP contribution in [0, 0.1) is 7.14 Å². The Morgan fingerprint density at radius 3 is 2.21 bits per heavy atom. The molecule has 0 spiro atoms. The Hall–Kier alpha value is -0.540. The molecule has 2 heteroatoms. The Bertz CT molecular complexity index is 412. The molecule has 2 rings (SSSR count). The van der Waals surface area contributed by atoms with Gasteiger partial charge in [-0.3, -0.25) is 0 Å². The van der Waals surface area contributed by atoms with Crippen LogP contribution in [-0.4, -0.2) is 0 Å². The van der Waals surface area contributed by atoms with Gasteiger partial charge in [-0.15, -0.1) is 0 Å². The monoisotopic (exact) mass is 315 g/mol. The Labute approximate surface area is 99.2 Å². The summed E-state index contributed by atoms with van der Waals surface area (Å²) in [6, 6.07) is 18.7. The van der Waals surface area contributed by atoms with Gasteiger partial charge < -0.3 is 0 Å². The van der Waals surface area contributed by atoms with E-state index in [1.54, 1.807) is 0 Å². The lowest BCUT2D eigenvalue weighted by molar-refractivity contribution is -0.597. The number of halogens is 2. The van der Waals surface area contributed by atoms with Gasteiger partial charge in [-0.05, 0) is 24.3 Å². The summed E-state index contributed by atoms with van der Waals surface area (Å²) >= 11 is 5.86. The molecule has 0 unspecified atom stereocenters. The van der Waals surface area contributed by atoms with Crippen molar-refractivity contribution in [2.24, 2.45) is 0 Å². The minimum Gasteiger partial charge on any atom is -0.0842 e. The predicted octanol–water partition coefficient (Wildman–Crippen LogP) is 0.468. The van der Waals surface area contributed by atoms with Gasteiger partial charge in [-0.2, -0.15) is 0 Å². The molecule has 0 saturated heterocycles. The molecule has 0 bridgehead atoms. The van der Waals surface area contributed by atoms with Crippen molar-refractivity contribution in [3.8, 4) is 0 Å². The molecule has 2 aromatic carbocycles. The van der Waals surface area contributed by atoms with E-state index in [0.717, 1.165) is 5.02 Å². The van der Waals surface area contributed by atoms with Crippen molar-refractivity contribution in [3.63, 3.8) is 0 Å². The van der Waals surface area contributed by atoms with Gasteiger partial charge in [0, 0.05) is 11.1 Å². The molecule has 0 aliphatic rings. The summed E-state index contributed by atoms with van der Waals surface area (Å²) in [6.45, 7) is 0. The third-order valence-corrected chi connectivity index (χ3v) is 4.61. The molecule has 0 aliphatic heterocycles. The second-order valence-electron chi connectivity index (χ2n) is 2.83. The van der Waals surface area contributed by atoms with E-state index in [4.69, 9.17) is 11.6 Å². The standard InChI is InChI=1S/C12H9ClI/c13-10-5-4-8-12(9-10)14-11-6-2-1-3-7-11/h1-9H/q+1. The van der Waals surface area contributed by atoms with Gasteiger partial charge in [0.05, 0.1) is 0 Å². The summed E-state index contributed by atoms with van der Waals surface area (Å²) < 4.78 is 2.79. The minimum atomic E-state index is -0.0725. The largest absolute Gasteiger partial charge is 0.357 e. The lowest BCUT2D eigenvalue weighted by atomic mass is 10.4. The highest BCUT2D eigenvalue weighted by molar-refractivity contribution is 6.30. The first-order chi connectivity index (χ1) is 6.84. The maximum absolute atomic E-state index is 5.93. The quantitative estimate of drug-likeness (QED) is 0.707. The topological polar surface area (TPSA) is 0 Å². The summed E-state index contributed by atoms with van der Waals surface area (Å²) in [7, 11) is 0. The average Bonchev–Trinajstić information content (AvgIpc) is 2.19. The van der Waals surface area contributed by atoms with Gasteiger partial charge in [0.25, 0.3) is 0 Å². The maximum atomic E-state index is 5.93. The van der Waals surface area contributed by atoms with E-state index < -0.39 is 0 Å². The van der Waals surface area contributed by atoms with Gasteiger partial charge in [-0.25, -0.2) is 0 Å². The van der Waals surface area contributed by atoms with Crippen molar-refractivity contribution >= 4 is 11.6 Å². The maximum Gasteiger partial charge on any atom is 0.357 e. The second kappa shape index (κ2) is 4.80. The molecule has 0 N–H and O–H groups in total. The fourth-order valence-corrected chi connectivity index (χ4v) is 3.87. The van der Waals surface area contributed by atoms with Crippen LogP contribution in [0.15, 0.2) is 54.6 Å². The normalized spacial score (nSPS) is 10.1. The van der Waals surface area contributed by atoms with Crippen molar-refractivity contribution in [2.45, 2.75) is 0 Å². The van der Waals surface area contributed by atoms with E-state index in [-0.39, 0.29) is 21.2 Å². The lowest BCUT2D eigenvalue weighted by Gasteiger charge is -1.87. The van der Waals surface area contributed by atoms with Crippen LogP contribution >= 0.6 is 11.6 Å². The molecule has 70 valence electrons. The molecule has 14 heavy (non-hydrogen) atoms. The summed E-state index contributed by atoms with van der Waals surface area (Å²) in [5, 5.41) is 0.832. The highest BCUT2D eigenvalue weighted by Gasteiger charge is 2.14. The second-order valence-corrected chi connectivity index (χ2v) is 6.30. The molecule has 0 aromatic heterocycles. The summed E-state index contributed by atoms with van der Waals surface area (Å²) in [4.78, 5) is 0. The summed E-state index contributed by atoms with van der Waals surface area (Å²) in [6.07, 6.45) is 0. The molecule has 0 amide bonds. The third-order valence-electron chi connectivity index (χ3n) is 1.74. The molecular formula is C12H9ClI+. The van der Waals surface area contributed by atoms with Crippen LogP contribution in [0.5, 0.6) is 0 Å². The fraction of sp³-hybridized carbons (Fsp3) is 0. The lowest BCUT2D eigenvalue weighted by Crippen LogP contribution is -3.61. The summed E-state index contributed by atoms with van der Waals surface area (Å²) in [5.41, 5.74) is 0. The highest BCUT2D eigenvalue weighted by Crippen LogP contribution is 2.04. The van der Waals surface area contributed by atoms with Gasteiger partial charge in [0.1, 0.15) is 0 Å². The molecule has 0 fully saturated rings. The highest BCUT2D eigenvalue weighted by atomic mass is 127. The Kier molecular flexibility index (Phi) is 3.43. The zero-order chi connectivity index (χ0) is 9.80. The van der Waals surface area contributed by atoms with E-state index in [2.05, 4.69) is 36.4 Å². The first-order valence-electron chi connectivity index (χ1n) is 4.30. The minimum absolute atomic E-state index is 0.0725. The molecule has 0 radical (unpaired) electrons. The zero-order valence-corrected chi connectivity index (χ0v) is 10.4.